The van der Waals surface area contributed by atoms with Gasteiger partial charge in [-0.25, -0.2) is 4.39 Å². The topological polar surface area (TPSA) is 75.3 Å². The minimum Gasteiger partial charge on any atom is -0.386 e. The summed E-state index contributed by atoms with van der Waals surface area (Å²) < 4.78 is 13.2. The van der Waals surface area contributed by atoms with E-state index in [2.05, 4.69) is 5.32 Å². The molecule has 4 nitrogen and oxygen atoms in total. The molecular weight excluding hydrogens is 366 g/mol. The smallest absolute Gasteiger partial charge is 0.253 e. The lowest BCUT2D eigenvalue weighted by Gasteiger charge is -2.22. The maximum atomic E-state index is 13.2. The molecule has 7 heteroatoms. The van der Waals surface area contributed by atoms with Gasteiger partial charge in [0.1, 0.15) is 12.8 Å². The second-order valence-electron chi connectivity index (χ2n) is 5.54. The highest BCUT2D eigenvalue weighted by atomic mass is 35.5. The van der Waals surface area contributed by atoms with Crippen LogP contribution in [0.3, 0.4) is 0 Å². The fourth-order valence-electron chi connectivity index (χ4n) is 2.39. The molecule has 0 aliphatic rings. The van der Waals surface area contributed by atoms with Gasteiger partial charge in [-0.1, -0.05) is 71.7 Å². The maximum absolute atomic E-state index is 13.2. The molecule has 0 bridgehead atoms. The van der Waals surface area contributed by atoms with Crippen molar-refractivity contribution in [3.63, 3.8) is 0 Å². The highest BCUT2D eigenvalue weighted by Gasteiger charge is 2.25. The Bertz CT molecular complexity index is 693. The molecule has 2 aromatic carbocycles. The van der Waals surface area contributed by atoms with Crippen molar-refractivity contribution in [3.8, 4) is 11.1 Å². The molecular formula is C18H19Cl2FN2O2. The number of hydrogen-bond acceptors (Lipinski definition) is 3. The summed E-state index contributed by atoms with van der Waals surface area (Å²) in [6.45, 7) is -0.469. The summed E-state index contributed by atoms with van der Waals surface area (Å²) in [5.74, 6) is -0.748. The lowest BCUT2D eigenvalue weighted by atomic mass is 9.98. The minimum atomic E-state index is -1.32. The minimum absolute atomic E-state index is 0.478. The third kappa shape index (κ3) is 5.16. The molecule has 0 aliphatic carbocycles. The molecule has 2 aromatic rings. The van der Waals surface area contributed by atoms with Gasteiger partial charge in [0.05, 0.1) is 6.04 Å². The van der Waals surface area contributed by atoms with Gasteiger partial charge >= 0.3 is 0 Å². The highest BCUT2D eigenvalue weighted by Crippen LogP contribution is 2.24. The van der Waals surface area contributed by atoms with Crippen LogP contribution in [0.4, 0.5) is 4.39 Å². The Kier molecular flexibility index (Phi) is 7.20. The number of halogens is 3. The van der Waals surface area contributed by atoms with Crippen molar-refractivity contribution >= 4 is 29.1 Å². The highest BCUT2D eigenvalue weighted by molar-refractivity contribution is 6.53. The zero-order valence-electron chi connectivity index (χ0n) is 13.3. The molecule has 0 unspecified atom stereocenters. The summed E-state index contributed by atoms with van der Waals surface area (Å²) in [7, 11) is 0. The zero-order valence-corrected chi connectivity index (χ0v) is 14.8. The predicted octanol–water partition coefficient (Wildman–Crippen LogP) is 3.10. The lowest BCUT2D eigenvalue weighted by Crippen LogP contribution is -2.43. The van der Waals surface area contributed by atoms with Gasteiger partial charge in [0, 0.05) is 6.54 Å². The van der Waals surface area contributed by atoms with Crippen LogP contribution >= 0.6 is 23.2 Å². The van der Waals surface area contributed by atoms with Crippen LogP contribution < -0.4 is 11.1 Å². The van der Waals surface area contributed by atoms with Gasteiger partial charge in [-0.15, -0.1) is 0 Å². The summed E-state index contributed by atoms with van der Waals surface area (Å²) in [5.41, 5.74) is 9.04. The molecule has 0 aliphatic heterocycles. The van der Waals surface area contributed by atoms with E-state index in [1.54, 1.807) is 12.1 Å². The quantitative estimate of drug-likeness (QED) is 0.642. The molecule has 2 rings (SSSR count). The largest absolute Gasteiger partial charge is 0.386 e. The predicted molar refractivity (Wildman–Crippen MR) is 98.1 cm³/mol. The average Bonchev–Trinajstić information content (AvgIpc) is 2.65. The number of alkyl halides is 3. The van der Waals surface area contributed by atoms with Crippen LogP contribution in [0.5, 0.6) is 0 Å². The summed E-state index contributed by atoms with van der Waals surface area (Å²) in [5, 5.41) is 12.6. The summed E-state index contributed by atoms with van der Waals surface area (Å²) in [6.07, 6.45) is -1.21. The van der Waals surface area contributed by atoms with Crippen LogP contribution in [0.1, 0.15) is 17.2 Å². The normalized spacial score (nSPS) is 13.5. The molecule has 0 radical (unpaired) electrons. The van der Waals surface area contributed by atoms with Crippen molar-refractivity contribution in [3.05, 3.63) is 59.7 Å². The first-order chi connectivity index (χ1) is 12.0. The molecule has 1 amide bonds. The maximum Gasteiger partial charge on any atom is 0.253 e. The third-order valence-corrected chi connectivity index (χ3v) is 4.24. The zero-order chi connectivity index (χ0) is 18.4. The first kappa shape index (κ1) is 19.7. The number of nitrogens with two attached hydrogens (primary N) is 1. The number of amides is 1. The molecule has 0 saturated heterocycles. The Hall–Kier alpha value is -1.66. The second-order valence-corrected chi connectivity index (χ2v) is 6.63. The van der Waals surface area contributed by atoms with Crippen LogP contribution in [0.15, 0.2) is 48.5 Å². The van der Waals surface area contributed by atoms with E-state index in [9.17, 15) is 14.3 Å². The molecule has 0 aromatic heterocycles. The van der Waals surface area contributed by atoms with Crippen LogP contribution in [-0.2, 0) is 11.3 Å². The van der Waals surface area contributed by atoms with E-state index in [0.29, 0.717) is 12.1 Å². The van der Waals surface area contributed by atoms with E-state index in [-0.39, 0.29) is 0 Å². The van der Waals surface area contributed by atoms with Crippen molar-refractivity contribution in [2.24, 2.45) is 5.73 Å². The molecule has 4 N–H and O–H groups in total. The molecule has 0 heterocycles. The first-order valence-electron chi connectivity index (χ1n) is 7.68. The number of rotatable bonds is 7. The van der Waals surface area contributed by atoms with Gasteiger partial charge < -0.3 is 16.2 Å². The van der Waals surface area contributed by atoms with Crippen molar-refractivity contribution in [1.29, 1.82) is 0 Å². The van der Waals surface area contributed by atoms with Crippen LogP contribution in [0.2, 0.25) is 0 Å². The number of benzene rings is 2. The summed E-state index contributed by atoms with van der Waals surface area (Å²) in [4.78, 5) is 10.2. The third-order valence-electron chi connectivity index (χ3n) is 3.85. The Morgan fingerprint density at radius 1 is 1.08 bits per heavy atom. The van der Waals surface area contributed by atoms with E-state index in [1.165, 1.54) is 0 Å². The Morgan fingerprint density at radius 2 is 1.60 bits per heavy atom. The number of carbonyl (C=O) groups excluding carboxylic acids is 1. The van der Waals surface area contributed by atoms with E-state index in [0.717, 1.165) is 16.7 Å². The number of carbonyl (C=O) groups is 1. The summed E-state index contributed by atoms with van der Waals surface area (Å²) in [6, 6.07) is 13.7. The van der Waals surface area contributed by atoms with E-state index in [1.807, 2.05) is 36.4 Å². The van der Waals surface area contributed by atoms with Crippen molar-refractivity contribution in [2.45, 2.75) is 23.5 Å². The van der Waals surface area contributed by atoms with Gasteiger partial charge in [-0.05, 0) is 22.3 Å². The van der Waals surface area contributed by atoms with Gasteiger partial charge in [-0.3, -0.25) is 4.79 Å². The lowest BCUT2D eigenvalue weighted by molar-refractivity contribution is -0.121. The molecule has 2 atom stereocenters. The molecule has 0 spiro atoms. The van der Waals surface area contributed by atoms with Crippen molar-refractivity contribution in [1.82, 2.24) is 5.32 Å². The van der Waals surface area contributed by atoms with Crippen molar-refractivity contribution < 1.29 is 14.3 Å². The molecule has 134 valence electrons. The van der Waals surface area contributed by atoms with Gasteiger partial charge in [-0.2, -0.15) is 0 Å². The molecule has 25 heavy (non-hydrogen) atoms. The van der Waals surface area contributed by atoms with Crippen molar-refractivity contribution in [2.75, 3.05) is 6.67 Å². The molecule has 0 fully saturated rings. The van der Waals surface area contributed by atoms with E-state index < -0.39 is 29.6 Å². The van der Waals surface area contributed by atoms with E-state index in [4.69, 9.17) is 28.9 Å². The Morgan fingerprint density at radius 3 is 2.04 bits per heavy atom. The molecule has 0 saturated carbocycles. The Labute approximate surface area is 155 Å². The number of aliphatic hydroxyl groups excluding tert-OH is 1. The Balaban J connectivity index is 2.12. The van der Waals surface area contributed by atoms with E-state index >= 15 is 0 Å². The number of nitrogens with one attached hydrogen (secondary N) is 1. The SMILES string of the molecule is NCc1ccc(-c2ccc([C@@H](O)[C@@H](CF)NC(=O)C(Cl)Cl)cc2)cc1. The van der Waals surface area contributed by atoms with Gasteiger partial charge in [0.15, 0.2) is 4.84 Å². The fourth-order valence-corrected chi connectivity index (χ4v) is 2.51. The van der Waals surface area contributed by atoms with Gasteiger partial charge in [0.2, 0.25) is 0 Å². The standard InChI is InChI=1S/C18H19Cl2FN2O2/c19-17(20)18(25)23-15(9-21)16(24)14-7-5-13(6-8-14)12-3-1-11(10-22)2-4-12/h1-8,15-17,24H,9-10,22H2,(H,23,25)/t15-,16-/m1/s1. The van der Waals surface area contributed by atoms with Gasteiger partial charge in [0.25, 0.3) is 5.91 Å². The monoisotopic (exact) mass is 384 g/mol. The second kappa shape index (κ2) is 9.15. The number of aliphatic hydroxyl groups is 1. The fraction of sp³-hybridized carbons (Fsp3) is 0.278. The first-order valence-corrected chi connectivity index (χ1v) is 8.55. The van der Waals surface area contributed by atoms with Crippen LogP contribution in [-0.4, -0.2) is 28.6 Å². The summed E-state index contributed by atoms with van der Waals surface area (Å²) >= 11 is 10.9. The number of hydrogen-bond donors (Lipinski definition) is 3. The van der Waals surface area contributed by atoms with Crippen LogP contribution in [0, 0.1) is 0 Å². The van der Waals surface area contributed by atoms with Crippen LogP contribution in [0.25, 0.3) is 11.1 Å². The average molecular weight is 385 g/mol.